The Hall–Kier alpha value is -1.70. The molecule has 3 rings (SSSR count). The number of alkyl halides is 3. The molecule has 0 unspecified atom stereocenters. The van der Waals surface area contributed by atoms with Crippen LogP contribution in [0.3, 0.4) is 0 Å². The van der Waals surface area contributed by atoms with Crippen molar-refractivity contribution in [1.82, 2.24) is 25.2 Å². The fourth-order valence-electron chi connectivity index (χ4n) is 3.15. The maximum Gasteiger partial charge on any atom is 0.433 e. The summed E-state index contributed by atoms with van der Waals surface area (Å²) >= 11 is 1.77. The van der Waals surface area contributed by atoms with Gasteiger partial charge in [-0.2, -0.15) is 13.2 Å². The van der Waals surface area contributed by atoms with E-state index in [0.29, 0.717) is 26.2 Å². The number of aryl methyl sites for hydroxylation is 2. The number of fused-ring (bicyclic) bond motifs is 1. The van der Waals surface area contributed by atoms with Crippen LogP contribution in [0.2, 0.25) is 0 Å². The minimum absolute atomic E-state index is 0. The van der Waals surface area contributed by atoms with Crippen molar-refractivity contribution in [2.24, 2.45) is 4.99 Å². The Morgan fingerprint density at radius 1 is 1.26 bits per heavy atom. The first-order valence-corrected chi connectivity index (χ1v) is 10.8. The van der Waals surface area contributed by atoms with E-state index in [9.17, 15) is 13.2 Å². The first-order chi connectivity index (χ1) is 14.4. The van der Waals surface area contributed by atoms with E-state index in [-0.39, 0.29) is 29.9 Å². The van der Waals surface area contributed by atoms with Gasteiger partial charge in [0.15, 0.2) is 5.96 Å². The van der Waals surface area contributed by atoms with E-state index in [0.717, 1.165) is 36.1 Å². The smallest absolute Gasteiger partial charge is 0.357 e. The van der Waals surface area contributed by atoms with E-state index in [1.54, 1.807) is 11.3 Å². The van der Waals surface area contributed by atoms with Gasteiger partial charge in [-0.15, -0.1) is 35.3 Å². The van der Waals surface area contributed by atoms with Crippen molar-refractivity contribution in [2.75, 3.05) is 32.0 Å². The number of hydrogen-bond donors (Lipinski definition) is 2. The van der Waals surface area contributed by atoms with Crippen molar-refractivity contribution in [3.8, 4) is 0 Å². The minimum atomic E-state index is -4.49. The van der Waals surface area contributed by atoms with Gasteiger partial charge in [0, 0.05) is 31.2 Å². The molecule has 2 heterocycles. The van der Waals surface area contributed by atoms with Crippen LogP contribution in [0.25, 0.3) is 0 Å². The van der Waals surface area contributed by atoms with Crippen molar-refractivity contribution < 1.29 is 13.2 Å². The van der Waals surface area contributed by atoms with Crippen LogP contribution in [0.4, 0.5) is 19.1 Å². The second kappa shape index (κ2) is 11.8. The number of hydrogen-bond acceptors (Lipinski definition) is 6. The molecule has 0 radical (unpaired) electrons. The lowest BCUT2D eigenvalue weighted by atomic mass is 10.0. The van der Waals surface area contributed by atoms with Crippen LogP contribution < -0.4 is 10.6 Å². The predicted octanol–water partition coefficient (Wildman–Crippen LogP) is 3.96. The Balaban J connectivity index is 0.00000341. The molecule has 0 saturated carbocycles. The molecule has 0 bridgehead atoms. The summed E-state index contributed by atoms with van der Waals surface area (Å²) < 4.78 is 38.2. The predicted molar refractivity (Wildman–Crippen MR) is 127 cm³/mol. The first-order valence-electron chi connectivity index (χ1n) is 9.98. The summed E-state index contributed by atoms with van der Waals surface area (Å²) in [5, 5.41) is 7.10. The molecule has 0 aromatic carbocycles. The summed E-state index contributed by atoms with van der Waals surface area (Å²) in [6.45, 7) is 4.03. The van der Waals surface area contributed by atoms with Crippen LogP contribution in [0.15, 0.2) is 17.3 Å². The Kier molecular flexibility index (Phi) is 9.72. The van der Waals surface area contributed by atoms with E-state index in [1.165, 1.54) is 23.4 Å². The van der Waals surface area contributed by atoms with Crippen LogP contribution in [-0.4, -0.2) is 52.5 Å². The molecule has 1 aliphatic rings. The molecule has 7 nitrogen and oxygen atoms in total. The number of aliphatic imine (C=N–C) groups is 1. The Morgan fingerprint density at radius 3 is 2.74 bits per heavy atom. The fraction of sp³-hybridized carbons (Fsp3) is 0.579. The van der Waals surface area contributed by atoms with Gasteiger partial charge in [-0.3, -0.25) is 4.99 Å². The molecule has 0 saturated heterocycles. The maximum absolute atomic E-state index is 12.7. The molecule has 2 N–H and O–H groups in total. The quantitative estimate of drug-likeness (QED) is 0.228. The lowest BCUT2D eigenvalue weighted by molar-refractivity contribution is -0.141. The van der Waals surface area contributed by atoms with E-state index in [1.807, 2.05) is 18.9 Å². The van der Waals surface area contributed by atoms with Crippen molar-refractivity contribution in [3.05, 3.63) is 33.5 Å². The Labute approximate surface area is 201 Å². The normalized spacial score (nSPS) is 13.9. The number of halogens is 4. The second-order valence-corrected chi connectivity index (χ2v) is 8.13. The number of thiazole rings is 1. The van der Waals surface area contributed by atoms with Gasteiger partial charge in [-0.05, 0) is 38.7 Å². The fourth-order valence-corrected chi connectivity index (χ4v) is 4.36. The van der Waals surface area contributed by atoms with Crippen molar-refractivity contribution >= 4 is 47.2 Å². The molecule has 0 spiro atoms. The van der Waals surface area contributed by atoms with E-state index in [2.05, 4.69) is 25.6 Å². The van der Waals surface area contributed by atoms with Crippen molar-refractivity contribution in [3.63, 3.8) is 0 Å². The first kappa shape index (κ1) is 25.6. The molecular weight excluding hydrogens is 542 g/mol. The highest BCUT2D eigenvalue weighted by Gasteiger charge is 2.32. The van der Waals surface area contributed by atoms with Crippen molar-refractivity contribution in [2.45, 2.75) is 45.3 Å². The summed E-state index contributed by atoms with van der Waals surface area (Å²) in [7, 11) is 1.95. The van der Waals surface area contributed by atoms with E-state index < -0.39 is 11.9 Å². The summed E-state index contributed by atoms with van der Waals surface area (Å²) in [5.41, 5.74) is 0.268. The molecule has 0 fully saturated rings. The molecule has 0 aliphatic heterocycles. The highest BCUT2D eigenvalue weighted by Crippen LogP contribution is 2.28. The van der Waals surface area contributed by atoms with Crippen molar-refractivity contribution in [1.29, 1.82) is 0 Å². The average molecular weight is 569 g/mol. The van der Waals surface area contributed by atoms with Gasteiger partial charge in [-0.1, -0.05) is 0 Å². The average Bonchev–Trinajstić information content (AvgIpc) is 3.12. The number of nitrogens with one attached hydrogen (secondary N) is 2. The molecular formula is C19H27F3IN7S. The topological polar surface area (TPSA) is 78.3 Å². The van der Waals surface area contributed by atoms with Crippen LogP contribution in [0, 0.1) is 0 Å². The summed E-state index contributed by atoms with van der Waals surface area (Å²) in [6, 6.07) is 0.845. The minimum Gasteiger partial charge on any atom is -0.357 e. The maximum atomic E-state index is 12.7. The summed E-state index contributed by atoms with van der Waals surface area (Å²) in [6.07, 6.45) is 1.22. The number of aromatic nitrogens is 3. The SMILES string of the molecule is CCNC(=NCCNc1nccc(C(F)(F)F)n1)N(C)Cc1nc2c(s1)CCCC2.I. The van der Waals surface area contributed by atoms with Gasteiger partial charge < -0.3 is 15.5 Å². The number of nitrogens with zero attached hydrogens (tertiary/aromatic N) is 5. The number of guanidine groups is 1. The Morgan fingerprint density at radius 2 is 2.03 bits per heavy atom. The molecule has 172 valence electrons. The molecule has 31 heavy (non-hydrogen) atoms. The molecule has 2 aromatic heterocycles. The van der Waals surface area contributed by atoms with Gasteiger partial charge in [-0.25, -0.2) is 15.0 Å². The van der Waals surface area contributed by atoms with E-state index in [4.69, 9.17) is 4.98 Å². The summed E-state index contributed by atoms with van der Waals surface area (Å²) in [5.74, 6) is 0.657. The zero-order chi connectivity index (χ0) is 21.6. The van der Waals surface area contributed by atoms with Gasteiger partial charge in [0.05, 0.1) is 18.8 Å². The zero-order valence-corrected chi connectivity index (χ0v) is 20.6. The Bertz CT molecular complexity index is 849. The van der Waals surface area contributed by atoms with Crippen LogP contribution in [0.1, 0.15) is 41.0 Å². The third-order valence-electron chi connectivity index (χ3n) is 4.56. The molecule has 12 heteroatoms. The second-order valence-electron chi connectivity index (χ2n) is 6.97. The van der Waals surface area contributed by atoms with Crippen LogP contribution in [-0.2, 0) is 25.6 Å². The number of anilines is 1. The van der Waals surface area contributed by atoms with Gasteiger partial charge in [0.1, 0.15) is 10.7 Å². The standard InChI is InChI=1S/C19H26F3N7S.HI/c1-3-23-18(29(2)12-16-27-13-6-4-5-7-14(13)30-16)26-11-10-25-17-24-9-8-15(28-17)19(20,21)22;/h8-9H,3-7,10-12H2,1-2H3,(H,23,26)(H,24,25,28);1H. The summed E-state index contributed by atoms with van der Waals surface area (Å²) in [4.78, 5) is 20.0. The lowest BCUT2D eigenvalue weighted by Gasteiger charge is -2.21. The monoisotopic (exact) mass is 569 g/mol. The number of rotatable bonds is 7. The molecule has 0 amide bonds. The lowest BCUT2D eigenvalue weighted by Crippen LogP contribution is -2.38. The third kappa shape index (κ3) is 7.44. The van der Waals surface area contributed by atoms with Crippen LogP contribution in [0.5, 0.6) is 0 Å². The molecule has 2 aromatic rings. The zero-order valence-electron chi connectivity index (χ0n) is 17.5. The molecule has 1 aliphatic carbocycles. The largest absolute Gasteiger partial charge is 0.433 e. The molecule has 0 atom stereocenters. The highest BCUT2D eigenvalue weighted by atomic mass is 127. The van der Waals surface area contributed by atoms with Crippen LogP contribution >= 0.6 is 35.3 Å². The highest BCUT2D eigenvalue weighted by molar-refractivity contribution is 14.0. The third-order valence-corrected chi connectivity index (χ3v) is 5.70. The van der Waals surface area contributed by atoms with E-state index >= 15 is 0 Å². The van der Waals surface area contributed by atoms with Gasteiger partial charge >= 0.3 is 6.18 Å². The van der Waals surface area contributed by atoms with Gasteiger partial charge in [0.2, 0.25) is 5.95 Å². The van der Waals surface area contributed by atoms with Gasteiger partial charge in [0.25, 0.3) is 0 Å².